The van der Waals surface area contributed by atoms with Crippen LogP contribution in [0.25, 0.3) is 0 Å². The Morgan fingerprint density at radius 1 is 1.38 bits per heavy atom. The zero-order chi connectivity index (χ0) is 10.4. The molecular formula is C9H20N2O2. The van der Waals surface area contributed by atoms with E-state index in [9.17, 15) is 4.79 Å². The third-order valence-corrected chi connectivity index (χ3v) is 1.95. The first-order valence-corrected chi connectivity index (χ1v) is 4.66. The lowest BCUT2D eigenvalue weighted by atomic mass is 10.1. The summed E-state index contributed by atoms with van der Waals surface area (Å²) >= 11 is 0. The van der Waals surface area contributed by atoms with E-state index in [1.54, 1.807) is 0 Å². The first-order valence-electron chi connectivity index (χ1n) is 4.66. The summed E-state index contributed by atoms with van der Waals surface area (Å²) < 4.78 is 4.93. The lowest BCUT2D eigenvalue weighted by Crippen LogP contribution is -2.39. The smallest absolute Gasteiger partial charge is 0.323 e. The Balaban J connectivity index is 3.74. The van der Waals surface area contributed by atoms with Crippen LogP contribution in [0.3, 0.4) is 0 Å². The highest BCUT2D eigenvalue weighted by molar-refractivity contribution is 5.75. The van der Waals surface area contributed by atoms with E-state index in [1.165, 1.54) is 0 Å². The summed E-state index contributed by atoms with van der Waals surface area (Å²) in [7, 11) is 0. The molecule has 0 saturated heterocycles. The van der Waals surface area contributed by atoms with Crippen molar-refractivity contribution in [1.29, 1.82) is 0 Å². The Hall–Kier alpha value is -0.610. The second-order valence-electron chi connectivity index (χ2n) is 3.57. The largest absolute Gasteiger partial charge is 0.463 e. The van der Waals surface area contributed by atoms with Crippen molar-refractivity contribution in [1.82, 2.24) is 0 Å². The molecule has 0 bridgehead atoms. The first kappa shape index (κ1) is 12.4. The second kappa shape index (κ2) is 5.94. The van der Waals surface area contributed by atoms with Crippen LogP contribution in [0.4, 0.5) is 0 Å². The Morgan fingerprint density at radius 3 is 2.31 bits per heavy atom. The fraction of sp³-hybridized carbons (Fsp3) is 0.889. The van der Waals surface area contributed by atoms with Crippen LogP contribution in [-0.4, -0.2) is 24.7 Å². The van der Waals surface area contributed by atoms with E-state index in [0.29, 0.717) is 0 Å². The Labute approximate surface area is 79.6 Å². The third kappa shape index (κ3) is 4.85. The van der Waals surface area contributed by atoms with Gasteiger partial charge < -0.3 is 16.2 Å². The van der Waals surface area contributed by atoms with Gasteiger partial charge in [0.15, 0.2) is 0 Å². The fourth-order valence-electron chi connectivity index (χ4n) is 0.675. The molecule has 0 fully saturated rings. The van der Waals surface area contributed by atoms with Gasteiger partial charge in [-0.25, -0.2) is 0 Å². The van der Waals surface area contributed by atoms with E-state index < -0.39 is 6.04 Å². The van der Waals surface area contributed by atoms with Crippen LogP contribution in [0, 0.1) is 5.92 Å². The van der Waals surface area contributed by atoms with Crippen molar-refractivity contribution in [3.63, 3.8) is 0 Å². The lowest BCUT2D eigenvalue weighted by Gasteiger charge is -2.16. The zero-order valence-corrected chi connectivity index (χ0v) is 8.62. The molecule has 0 aliphatic rings. The normalized spacial score (nSPS) is 15.5. The number of carbonyl (C=O) groups excluding carboxylic acids is 1. The van der Waals surface area contributed by atoms with Crippen molar-refractivity contribution in [2.24, 2.45) is 17.4 Å². The SMILES string of the molecule is CC[C@H](N)COC(=O)[C@@H](N)C(C)C. The summed E-state index contributed by atoms with van der Waals surface area (Å²) in [6.45, 7) is 5.97. The van der Waals surface area contributed by atoms with Crippen LogP contribution < -0.4 is 11.5 Å². The van der Waals surface area contributed by atoms with E-state index in [-0.39, 0.29) is 24.5 Å². The summed E-state index contributed by atoms with van der Waals surface area (Å²) in [6, 6.07) is -0.618. The average molecular weight is 188 g/mol. The first-order chi connectivity index (χ1) is 5.99. The maximum Gasteiger partial charge on any atom is 0.323 e. The molecule has 0 aliphatic heterocycles. The van der Waals surface area contributed by atoms with E-state index in [4.69, 9.17) is 16.2 Å². The molecule has 13 heavy (non-hydrogen) atoms. The van der Waals surface area contributed by atoms with Gasteiger partial charge in [-0.05, 0) is 12.3 Å². The molecular weight excluding hydrogens is 168 g/mol. The molecule has 0 spiro atoms. The summed E-state index contributed by atoms with van der Waals surface area (Å²) in [6.07, 6.45) is 0.796. The van der Waals surface area contributed by atoms with Crippen LogP contribution in [-0.2, 0) is 9.53 Å². The highest BCUT2D eigenvalue weighted by Crippen LogP contribution is 2.01. The fourth-order valence-corrected chi connectivity index (χ4v) is 0.675. The summed E-state index contributed by atoms with van der Waals surface area (Å²) in [4.78, 5) is 11.2. The molecule has 4 nitrogen and oxygen atoms in total. The van der Waals surface area contributed by atoms with Crippen molar-refractivity contribution in [2.75, 3.05) is 6.61 Å². The van der Waals surface area contributed by atoms with Crippen LogP contribution in [0.2, 0.25) is 0 Å². The lowest BCUT2D eigenvalue weighted by molar-refractivity contribution is -0.146. The van der Waals surface area contributed by atoms with Gasteiger partial charge in [-0.1, -0.05) is 20.8 Å². The third-order valence-electron chi connectivity index (χ3n) is 1.95. The summed E-state index contributed by atoms with van der Waals surface area (Å²) in [5, 5.41) is 0. The van der Waals surface area contributed by atoms with Crippen LogP contribution in [0.15, 0.2) is 0 Å². The minimum absolute atomic E-state index is 0.0803. The molecule has 0 unspecified atom stereocenters. The molecule has 0 radical (unpaired) electrons. The van der Waals surface area contributed by atoms with E-state index in [2.05, 4.69) is 0 Å². The van der Waals surface area contributed by atoms with E-state index in [0.717, 1.165) is 6.42 Å². The van der Waals surface area contributed by atoms with Gasteiger partial charge in [0.2, 0.25) is 0 Å². The monoisotopic (exact) mass is 188 g/mol. The van der Waals surface area contributed by atoms with Crippen molar-refractivity contribution in [2.45, 2.75) is 39.3 Å². The topological polar surface area (TPSA) is 78.3 Å². The number of nitrogens with two attached hydrogens (primary N) is 2. The van der Waals surface area contributed by atoms with Crippen LogP contribution in [0.5, 0.6) is 0 Å². The number of carbonyl (C=O) groups is 1. The minimum atomic E-state index is -0.538. The molecule has 0 aromatic carbocycles. The van der Waals surface area contributed by atoms with Crippen molar-refractivity contribution in [3.05, 3.63) is 0 Å². The van der Waals surface area contributed by atoms with Crippen LogP contribution >= 0.6 is 0 Å². The van der Waals surface area contributed by atoms with Crippen molar-refractivity contribution >= 4 is 5.97 Å². The molecule has 0 amide bonds. The molecule has 0 aromatic rings. The summed E-state index contributed by atoms with van der Waals surface area (Å²) in [5.41, 5.74) is 11.2. The van der Waals surface area contributed by atoms with Gasteiger partial charge in [-0.2, -0.15) is 0 Å². The minimum Gasteiger partial charge on any atom is -0.463 e. The highest BCUT2D eigenvalue weighted by Gasteiger charge is 2.19. The van der Waals surface area contributed by atoms with Gasteiger partial charge in [0.05, 0.1) is 0 Å². The van der Waals surface area contributed by atoms with E-state index in [1.807, 2.05) is 20.8 Å². The Kier molecular flexibility index (Phi) is 5.66. The van der Waals surface area contributed by atoms with Gasteiger partial charge in [0, 0.05) is 6.04 Å². The van der Waals surface area contributed by atoms with Gasteiger partial charge in [0.1, 0.15) is 12.6 Å². The Bertz CT molecular complexity index is 160. The van der Waals surface area contributed by atoms with Crippen molar-refractivity contribution in [3.8, 4) is 0 Å². The summed E-state index contributed by atoms with van der Waals surface area (Å²) in [5.74, 6) is -0.260. The van der Waals surface area contributed by atoms with Crippen LogP contribution in [0.1, 0.15) is 27.2 Å². The molecule has 4 N–H and O–H groups in total. The predicted octanol–water partition coefficient (Wildman–Crippen LogP) is 0.250. The standard InChI is InChI=1S/C9H20N2O2/c1-4-7(10)5-13-9(12)8(11)6(2)3/h6-8H,4-5,10-11H2,1-3H3/t7-,8-/m0/s1. The maximum atomic E-state index is 11.2. The van der Waals surface area contributed by atoms with Gasteiger partial charge >= 0.3 is 5.97 Å². The molecule has 78 valence electrons. The average Bonchev–Trinajstić information content (AvgIpc) is 2.11. The van der Waals surface area contributed by atoms with Gasteiger partial charge in [-0.3, -0.25) is 4.79 Å². The number of ether oxygens (including phenoxy) is 1. The number of hydrogen-bond acceptors (Lipinski definition) is 4. The second-order valence-corrected chi connectivity index (χ2v) is 3.57. The molecule has 0 saturated carbocycles. The maximum absolute atomic E-state index is 11.2. The van der Waals surface area contributed by atoms with Gasteiger partial charge in [0.25, 0.3) is 0 Å². The Morgan fingerprint density at radius 2 is 1.92 bits per heavy atom. The molecule has 0 heterocycles. The van der Waals surface area contributed by atoms with Crippen molar-refractivity contribution < 1.29 is 9.53 Å². The number of rotatable bonds is 5. The zero-order valence-electron chi connectivity index (χ0n) is 8.62. The highest BCUT2D eigenvalue weighted by atomic mass is 16.5. The molecule has 4 heteroatoms. The molecule has 2 atom stereocenters. The predicted molar refractivity (Wildman–Crippen MR) is 52.0 cm³/mol. The van der Waals surface area contributed by atoms with Gasteiger partial charge in [-0.15, -0.1) is 0 Å². The number of hydrogen-bond donors (Lipinski definition) is 2. The molecule has 0 aromatic heterocycles. The number of esters is 1. The molecule has 0 rings (SSSR count). The quantitative estimate of drug-likeness (QED) is 0.606. The van der Waals surface area contributed by atoms with E-state index >= 15 is 0 Å². The molecule has 0 aliphatic carbocycles.